The molecule has 0 aliphatic carbocycles. The van der Waals surface area contributed by atoms with Crippen molar-refractivity contribution in [3.63, 3.8) is 0 Å². The number of hydrogen-bond acceptors (Lipinski definition) is 1. The van der Waals surface area contributed by atoms with E-state index in [2.05, 4.69) is 20.8 Å². The lowest BCUT2D eigenvalue weighted by molar-refractivity contribution is -0.104. The molecule has 1 nitrogen and oxygen atoms in total. The van der Waals surface area contributed by atoms with Gasteiger partial charge in [0.2, 0.25) is 0 Å². The molecule has 0 heterocycles. The molecular formula is C10H18O. The van der Waals surface area contributed by atoms with Crippen LogP contribution in [0.25, 0.3) is 0 Å². The minimum absolute atomic E-state index is 0.424. The number of carbonyl (C=O) groups is 1. The third-order valence-corrected chi connectivity index (χ3v) is 2.16. The van der Waals surface area contributed by atoms with Crippen LogP contribution in [0.4, 0.5) is 0 Å². The van der Waals surface area contributed by atoms with Crippen molar-refractivity contribution >= 4 is 6.29 Å². The van der Waals surface area contributed by atoms with Gasteiger partial charge in [0.1, 0.15) is 6.29 Å². The van der Waals surface area contributed by atoms with Crippen LogP contribution in [0.5, 0.6) is 0 Å². The van der Waals surface area contributed by atoms with Crippen molar-refractivity contribution in [1.82, 2.24) is 0 Å². The Balaban J connectivity index is 3.52. The van der Waals surface area contributed by atoms with Gasteiger partial charge in [0.25, 0.3) is 0 Å². The van der Waals surface area contributed by atoms with Crippen molar-refractivity contribution in [3.05, 3.63) is 12.2 Å². The van der Waals surface area contributed by atoms with Gasteiger partial charge in [-0.25, -0.2) is 0 Å². The highest BCUT2D eigenvalue weighted by Crippen LogP contribution is 2.25. The quantitative estimate of drug-likeness (QED) is 0.439. The molecule has 0 aromatic heterocycles. The number of carbonyl (C=O) groups excluding carboxylic acids is 1. The van der Waals surface area contributed by atoms with E-state index in [0.717, 1.165) is 19.1 Å². The Bertz CT molecular complexity index is 134. The maximum absolute atomic E-state index is 9.91. The minimum Gasteiger partial charge on any atom is -0.299 e. The maximum atomic E-state index is 9.91. The van der Waals surface area contributed by atoms with Crippen LogP contribution < -0.4 is 0 Å². The average molecular weight is 154 g/mol. The Kier molecular flexibility index (Phi) is 4.84. The van der Waals surface area contributed by atoms with Gasteiger partial charge < -0.3 is 0 Å². The maximum Gasteiger partial charge on any atom is 0.142 e. The molecule has 0 aliphatic rings. The number of hydrogen-bond donors (Lipinski definition) is 0. The molecule has 0 unspecified atom stereocenters. The SMILES string of the molecule is CCC(C)(C)CC/C=C/C=O. The first-order valence-corrected chi connectivity index (χ1v) is 4.22. The van der Waals surface area contributed by atoms with Crippen molar-refractivity contribution in [2.75, 3.05) is 0 Å². The summed E-state index contributed by atoms with van der Waals surface area (Å²) in [6.45, 7) is 6.70. The lowest BCUT2D eigenvalue weighted by Crippen LogP contribution is -2.08. The first kappa shape index (κ1) is 10.4. The van der Waals surface area contributed by atoms with E-state index in [9.17, 15) is 4.79 Å². The molecule has 0 N–H and O–H groups in total. The predicted molar refractivity (Wildman–Crippen MR) is 48.5 cm³/mol. The molecule has 0 radical (unpaired) electrons. The normalized spacial score (nSPS) is 12.3. The summed E-state index contributed by atoms with van der Waals surface area (Å²) in [7, 11) is 0. The molecule has 0 fully saturated rings. The molecule has 0 amide bonds. The molecule has 11 heavy (non-hydrogen) atoms. The molecule has 1 heteroatoms. The molecule has 0 aliphatic heterocycles. The van der Waals surface area contributed by atoms with E-state index in [1.54, 1.807) is 6.08 Å². The standard InChI is InChI=1S/C10H18O/c1-4-10(2,3)8-6-5-7-9-11/h5,7,9H,4,6,8H2,1-3H3/b7-5+. The van der Waals surface area contributed by atoms with Crippen LogP contribution in [0.3, 0.4) is 0 Å². The largest absolute Gasteiger partial charge is 0.299 e. The summed E-state index contributed by atoms with van der Waals surface area (Å²) in [4.78, 5) is 9.91. The Morgan fingerprint density at radius 2 is 2.00 bits per heavy atom. The second-order valence-corrected chi connectivity index (χ2v) is 3.62. The summed E-state index contributed by atoms with van der Waals surface area (Å²) in [6.07, 6.45) is 7.71. The first-order chi connectivity index (χ1) is 5.12. The summed E-state index contributed by atoms with van der Waals surface area (Å²) >= 11 is 0. The Hall–Kier alpha value is -0.590. The van der Waals surface area contributed by atoms with Gasteiger partial charge in [0, 0.05) is 0 Å². The fourth-order valence-corrected chi connectivity index (χ4v) is 0.803. The predicted octanol–water partition coefficient (Wildman–Crippen LogP) is 2.96. The van der Waals surface area contributed by atoms with Gasteiger partial charge >= 0.3 is 0 Å². The van der Waals surface area contributed by atoms with Crippen molar-refractivity contribution in [3.8, 4) is 0 Å². The third kappa shape index (κ3) is 5.84. The summed E-state index contributed by atoms with van der Waals surface area (Å²) in [5, 5.41) is 0. The number of aldehydes is 1. The summed E-state index contributed by atoms with van der Waals surface area (Å²) in [5.41, 5.74) is 0.424. The third-order valence-electron chi connectivity index (χ3n) is 2.16. The second kappa shape index (κ2) is 5.11. The van der Waals surface area contributed by atoms with Crippen LogP contribution in [0, 0.1) is 5.41 Å². The van der Waals surface area contributed by atoms with E-state index in [1.165, 1.54) is 6.42 Å². The van der Waals surface area contributed by atoms with Gasteiger partial charge in [0.05, 0.1) is 0 Å². The van der Waals surface area contributed by atoms with E-state index in [-0.39, 0.29) is 0 Å². The van der Waals surface area contributed by atoms with Gasteiger partial charge in [0.15, 0.2) is 0 Å². The van der Waals surface area contributed by atoms with Crippen LogP contribution >= 0.6 is 0 Å². The van der Waals surface area contributed by atoms with Crippen LogP contribution in [-0.2, 0) is 4.79 Å². The highest BCUT2D eigenvalue weighted by Gasteiger charge is 2.12. The smallest absolute Gasteiger partial charge is 0.142 e. The van der Waals surface area contributed by atoms with Crippen LogP contribution in [0.2, 0.25) is 0 Å². The molecule has 0 bridgehead atoms. The van der Waals surface area contributed by atoms with E-state index < -0.39 is 0 Å². The van der Waals surface area contributed by atoms with Crippen LogP contribution in [-0.4, -0.2) is 6.29 Å². The molecular weight excluding hydrogens is 136 g/mol. The van der Waals surface area contributed by atoms with E-state index in [0.29, 0.717) is 5.41 Å². The van der Waals surface area contributed by atoms with Gasteiger partial charge in [-0.1, -0.05) is 33.3 Å². The van der Waals surface area contributed by atoms with Crippen molar-refractivity contribution in [2.24, 2.45) is 5.41 Å². The van der Waals surface area contributed by atoms with E-state index >= 15 is 0 Å². The fourth-order valence-electron chi connectivity index (χ4n) is 0.803. The molecule has 0 aromatic rings. The lowest BCUT2D eigenvalue weighted by Gasteiger charge is -2.20. The van der Waals surface area contributed by atoms with Gasteiger partial charge in [-0.2, -0.15) is 0 Å². The Morgan fingerprint density at radius 3 is 2.45 bits per heavy atom. The monoisotopic (exact) mass is 154 g/mol. The van der Waals surface area contributed by atoms with Gasteiger partial charge in [-0.3, -0.25) is 4.79 Å². The summed E-state index contributed by atoms with van der Waals surface area (Å²) in [5.74, 6) is 0. The zero-order chi connectivity index (χ0) is 8.74. The average Bonchev–Trinajstić information content (AvgIpc) is 1.99. The topological polar surface area (TPSA) is 17.1 Å². The molecule has 0 aromatic carbocycles. The number of rotatable bonds is 5. The molecule has 64 valence electrons. The minimum atomic E-state index is 0.424. The fraction of sp³-hybridized carbons (Fsp3) is 0.700. The molecule has 0 spiro atoms. The van der Waals surface area contributed by atoms with E-state index in [4.69, 9.17) is 0 Å². The van der Waals surface area contributed by atoms with Crippen LogP contribution in [0.1, 0.15) is 40.0 Å². The summed E-state index contributed by atoms with van der Waals surface area (Å²) in [6, 6.07) is 0. The summed E-state index contributed by atoms with van der Waals surface area (Å²) < 4.78 is 0. The molecule has 0 rings (SSSR count). The van der Waals surface area contributed by atoms with Crippen molar-refractivity contribution in [1.29, 1.82) is 0 Å². The van der Waals surface area contributed by atoms with Crippen molar-refractivity contribution < 1.29 is 4.79 Å². The first-order valence-electron chi connectivity index (χ1n) is 4.22. The highest BCUT2D eigenvalue weighted by molar-refractivity contribution is 5.64. The molecule has 0 atom stereocenters. The number of allylic oxidation sites excluding steroid dienone is 2. The Labute approximate surface area is 69.5 Å². The van der Waals surface area contributed by atoms with E-state index in [1.807, 2.05) is 6.08 Å². The molecule has 0 saturated heterocycles. The zero-order valence-corrected chi connectivity index (χ0v) is 7.76. The van der Waals surface area contributed by atoms with Crippen LogP contribution in [0.15, 0.2) is 12.2 Å². The second-order valence-electron chi connectivity index (χ2n) is 3.62. The lowest BCUT2D eigenvalue weighted by atomic mass is 9.85. The Morgan fingerprint density at radius 1 is 1.36 bits per heavy atom. The van der Waals surface area contributed by atoms with Crippen molar-refractivity contribution in [2.45, 2.75) is 40.0 Å². The molecule has 0 saturated carbocycles. The highest BCUT2D eigenvalue weighted by atomic mass is 16.1. The van der Waals surface area contributed by atoms with Gasteiger partial charge in [-0.05, 0) is 24.3 Å². The van der Waals surface area contributed by atoms with Gasteiger partial charge in [-0.15, -0.1) is 0 Å². The zero-order valence-electron chi connectivity index (χ0n) is 7.76.